The number of aromatic hydroxyl groups is 2. The Morgan fingerprint density at radius 3 is 2.52 bits per heavy atom. The number of oxime groups is 1. The molecule has 1 amide bonds. The summed E-state index contributed by atoms with van der Waals surface area (Å²) < 4.78 is 5.23. The van der Waals surface area contributed by atoms with Gasteiger partial charge in [-0.2, -0.15) is 0 Å². The average Bonchev–Trinajstić information content (AvgIpc) is 2.81. The SMILES string of the molecule is CCO/N=C1/C=C/CC/C=C/CCOC(=O)c2c(O)cc(O)cc2C1.O=CN1CCCCC1. The van der Waals surface area contributed by atoms with Gasteiger partial charge in [-0.1, -0.05) is 23.4 Å². The van der Waals surface area contributed by atoms with Gasteiger partial charge in [-0.3, -0.25) is 4.79 Å². The molecule has 8 heteroatoms. The van der Waals surface area contributed by atoms with Gasteiger partial charge in [0.05, 0.1) is 12.3 Å². The van der Waals surface area contributed by atoms with Crippen LogP contribution in [0.25, 0.3) is 0 Å². The van der Waals surface area contributed by atoms with Crippen LogP contribution in [0.5, 0.6) is 11.5 Å². The highest BCUT2D eigenvalue weighted by Gasteiger charge is 2.20. The summed E-state index contributed by atoms with van der Waals surface area (Å²) in [6.07, 6.45) is 15.0. The molecule has 0 spiro atoms. The third kappa shape index (κ3) is 9.39. The number of amides is 1. The fourth-order valence-electron chi connectivity index (χ4n) is 3.47. The van der Waals surface area contributed by atoms with Gasteiger partial charge in [0.25, 0.3) is 0 Å². The Morgan fingerprint density at radius 2 is 1.82 bits per heavy atom. The van der Waals surface area contributed by atoms with Crippen molar-refractivity contribution in [2.24, 2.45) is 5.16 Å². The molecule has 180 valence electrons. The number of nitrogens with zero attached hydrogens (tertiary/aromatic N) is 2. The Balaban J connectivity index is 0.000000405. The zero-order valence-electron chi connectivity index (χ0n) is 19.2. The number of ether oxygens (including phenoxy) is 1. The molecule has 3 rings (SSSR count). The first-order valence-corrected chi connectivity index (χ1v) is 11.5. The third-order valence-corrected chi connectivity index (χ3v) is 5.10. The zero-order valence-corrected chi connectivity index (χ0v) is 19.2. The maximum atomic E-state index is 12.4. The van der Waals surface area contributed by atoms with E-state index in [0.717, 1.165) is 38.4 Å². The number of hydrogen-bond acceptors (Lipinski definition) is 7. The summed E-state index contributed by atoms with van der Waals surface area (Å²) in [7, 11) is 0. The van der Waals surface area contributed by atoms with Crippen molar-refractivity contribution in [2.45, 2.75) is 51.9 Å². The lowest BCUT2D eigenvalue weighted by Crippen LogP contribution is -2.27. The second-order valence-corrected chi connectivity index (χ2v) is 7.75. The largest absolute Gasteiger partial charge is 0.508 e. The molecule has 33 heavy (non-hydrogen) atoms. The van der Waals surface area contributed by atoms with Crippen molar-refractivity contribution in [3.05, 3.63) is 47.6 Å². The van der Waals surface area contributed by atoms with Crippen LogP contribution >= 0.6 is 0 Å². The van der Waals surface area contributed by atoms with Crippen LogP contribution in [0.4, 0.5) is 0 Å². The maximum Gasteiger partial charge on any atom is 0.342 e. The number of benzene rings is 1. The topological polar surface area (TPSA) is 109 Å². The number of likely N-dealkylation sites (tertiary alicyclic amines) is 1. The molecular weight excluding hydrogens is 424 g/mol. The van der Waals surface area contributed by atoms with Crippen LogP contribution in [0.1, 0.15) is 61.4 Å². The Morgan fingerprint density at radius 1 is 1.09 bits per heavy atom. The summed E-state index contributed by atoms with van der Waals surface area (Å²) in [6.45, 7) is 4.42. The number of allylic oxidation sites excluding steroid dienone is 3. The van der Waals surface area contributed by atoms with Crippen LogP contribution in [0.15, 0.2) is 41.6 Å². The van der Waals surface area contributed by atoms with E-state index in [-0.39, 0.29) is 30.1 Å². The van der Waals surface area contributed by atoms with Gasteiger partial charge in [0.2, 0.25) is 6.41 Å². The number of phenolic OH excluding ortho intramolecular Hbond substituents is 2. The van der Waals surface area contributed by atoms with Crippen molar-refractivity contribution in [1.29, 1.82) is 0 Å². The van der Waals surface area contributed by atoms with Gasteiger partial charge in [0, 0.05) is 25.6 Å². The summed E-state index contributed by atoms with van der Waals surface area (Å²) in [4.78, 5) is 29.4. The number of fused-ring (bicyclic) bond motifs is 1. The summed E-state index contributed by atoms with van der Waals surface area (Å²) in [5.41, 5.74) is 1.05. The fraction of sp³-hybridized carbons (Fsp3) is 0.480. The van der Waals surface area contributed by atoms with Crippen LogP contribution < -0.4 is 0 Å². The van der Waals surface area contributed by atoms with E-state index >= 15 is 0 Å². The lowest BCUT2D eigenvalue weighted by Gasteiger charge is -2.21. The Hall–Kier alpha value is -3.29. The molecule has 2 aliphatic rings. The fourth-order valence-corrected chi connectivity index (χ4v) is 3.47. The number of phenols is 2. The average molecular weight is 459 g/mol. The van der Waals surface area contributed by atoms with Crippen molar-refractivity contribution >= 4 is 18.1 Å². The maximum absolute atomic E-state index is 12.4. The normalized spacial score (nSPS) is 20.3. The molecule has 0 bridgehead atoms. The van der Waals surface area contributed by atoms with E-state index in [1.165, 1.54) is 25.3 Å². The van der Waals surface area contributed by atoms with Crippen LogP contribution in [-0.4, -0.2) is 59.5 Å². The zero-order chi connectivity index (χ0) is 23.9. The van der Waals surface area contributed by atoms with E-state index in [2.05, 4.69) is 5.16 Å². The first-order valence-electron chi connectivity index (χ1n) is 11.5. The summed E-state index contributed by atoms with van der Waals surface area (Å²) in [5, 5.41) is 23.9. The van der Waals surface area contributed by atoms with Gasteiger partial charge in [-0.25, -0.2) is 4.79 Å². The first kappa shape index (κ1) is 26.0. The van der Waals surface area contributed by atoms with Crippen LogP contribution in [0, 0.1) is 0 Å². The molecule has 2 aliphatic heterocycles. The van der Waals surface area contributed by atoms with Gasteiger partial charge in [0.15, 0.2) is 0 Å². The van der Waals surface area contributed by atoms with Crippen molar-refractivity contribution in [3.8, 4) is 11.5 Å². The molecule has 1 aromatic carbocycles. The first-order chi connectivity index (χ1) is 16.0. The lowest BCUT2D eigenvalue weighted by molar-refractivity contribution is -0.118. The highest BCUT2D eigenvalue weighted by molar-refractivity contribution is 6.00. The molecule has 0 aliphatic carbocycles. The molecule has 1 fully saturated rings. The second-order valence-electron chi connectivity index (χ2n) is 7.75. The third-order valence-electron chi connectivity index (χ3n) is 5.10. The monoisotopic (exact) mass is 458 g/mol. The summed E-state index contributed by atoms with van der Waals surface area (Å²) in [6, 6.07) is 2.55. The summed E-state index contributed by atoms with van der Waals surface area (Å²) in [5.74, 6) is -1.08. The number of esters is 1. The van der Waals surface area contributed by atoms with E-state index < -0.39 is 5.97 Å². The van der Waals surface area contributed by atoms with Gasteiger partial charge in [-0.15, -0.1) is 0 Å². The molecule has 0 aromatic heterocycles. The lowest BCUT2D eigenvalue weighted by atomic mass is 10.00. The predicted octanol–water partition coefficient (Wildman–Crippen LogP) is 4.11. The van der Waals surface area contributed by atoms with E-state index in [9.17, 15) is 19.8 Å². The molecule has 1 aromatic rings. The van der Waals surface area contributed by atoms with Crippen molar-refractivity contribution in [2.75, 3.05) is 26.3 Å². The highest BCUT2D eigenvalue weighted by Crippen LogP contribution is 2.29. The van der Waals surface area contributed by atoms with Crippen molar-refractivity contribution in [3.63, 3.8) is 0 Å². The quantitative estimate of drug-likeness (QED) is 0.305. The van der Waals surface area contributed by atoms with E-state index in [1.807, 2.05) is 36.1 Å². The highest BCUT2D eigenvalue weighted by atomic mass is 16.6. The van der Waals surface area contributed by atoms with Crippen LogP contribution in [0.2, 0.25) is 0 Å². The molecule has 1 saturated heterocycles. The molecule has 0 atom stereocenters. The smallest absolute Gasteiger partial charge is 0.342 e. The van der Waals surface area contributed by atoms with Crippen LogP contribution in [-0.2, 0) is 20.8 Å². The van der Waals surface area contributed by atoms with Gasteiger partial charge in [-0.05, 0) is 63.2 Å². The van der Waals surface area contributed by atoms with Crippen molar-refractivity contribution < 1.29 is 29.4 Å². The number of rotatable bonds is 3. The molecule has 0 saturated carbocycles. The number of cyclic esters (lactones) is 1. The minimum absolute atomic E-state index is 0.0384. The molecule has 8 nitrogen and oxygen atoms in total. The Bertz CT molecular complexity index is 857. The van der Waals surface area contributed by atoms with E-state index in [1.54, 1.807) is 0 Å². The number of carbonyl (C=O) groups excluding carboxylic acids is 2. The Labute approximate surface area is 195 Å². The molecule has 2 N–H and O–H groups in total. The standard InChI is InChI=1S/C19H23NO5.C6H11NO/c1-2-25-20-15-9-7-5-3-4-6-8-10-24-19(23)18-14(11-15)12-16(21)13-17(18)22;8-6-7-4-2-1-3-5-7/h4,6-7,9,12-13,21-22H,2-3,5,8,10-11H2,1H3;6H,1-5H2/b6-4+,9-7+,20-15-;. The van der Waals surface area contributed by atoms with Crippen LogP contribution in [0.3, 0.4) is 0 Å². The summed E-state index contributed by atoms with van der Waals surface area (Å²) >= 11 is 0. The van der Waals surface area contributed by atoms with Gasteiger partial charge < -0.3 is 24.7 Å². The van der Waals surface area contributed by atoms with E-state index in [4.69, 9.17) is 9.57 Å². The second kappa shape index (κ2) is 14.7. The number of piperidine rings is 1. The molecular formula is C25H34N2O6. The minimum atomic E-state index is -0.627. The number of hydrogen-bond donors (Lipinski definition) is 2. The molecule has 2 heterocycles. The van der Waals surface area contributed by atoms with Crippen molar-refractivity contribution in [1.82, 2.24) is 4.90 Å². The minimum Gasteiger partial charge on any atom is -0.508 e. The molecule has 0 radical (unpaired) electrons. The van der Waals surface area contributed by atoms with Gasteiger partial charge in [0.1, 0.15) is 23.7 Å². The number of carbonyl (C=O) groups is 2. The molecule has 0 unspecified atom stereocenters. The van der Waals surface area contributed by atoms with Gasteiger partial charge >= 0.3 is 5.97 Å². The predicted molar refractivity (Wildman–Crippen MR) is 126 cm³/mol. The Kier molecular flexibility index (Phi) is 11.6. The van der Waals surface area contributed by atoms with E-state index in [0.29, 0.717) is 24.3 Å².